The third-order valence-corrected chi connectivity index (χ3v) is 9.89. The summed E-state index contributed by atoms with van der Waals surface area (Å²) in [6.45, 7) is 3.05. The van der Waals surface area contributed by atoms with Crippen molar-refractivity contribution in [2.24, 2.45) is 17.8 Å². The number of esters is 2. The Morgan fingerprint density at radius 2 is 1.83 bits per heavy atom. The number of benzene rings is 2. The van der Waals surface area contributed by atoms with Crippen LogP contribution in [-0.2, 0) is 52.7 Å². The zero-order valence-corrected chi connectivity index (χ0v) is 27.7. The first-order valence-corrected chi connectivity index (χ1v) is 17.4. The molecule has 1 saturated carbocycles. The van der Waals surface area contributed by atoms with E-state index in [1.54, 1.807) is 0 Å². The summed E-state index contributed by atoms with van der Waals surface area (Å²) in [6, 6.07) is 15.8. The summed E-state index contributed by atoms with van der Waals surface area (Å²) in [5, 5.41) is 0. The molecule has 2 aromatic carbocycles. The number of fused-ring (bicyclic) bond motifs is 2. The van der Waals surface area contributed by atoms with E-state index < -0.39 is 5.97 Å². The van der Waals surface area contributed by atoms with Crippen LogP contribution in [0.2, 0.25) is 0 Å². The molecule has 0 amide bonds. The smallest absolute Gasteiger partial charge is 0.344 e. The first kappa shape index (κ1) is 34.4. The van der Waals surface area contributed by atoms with Crippen molar-refractivity contribution in [1.29, 1.82) is 0 Å². The maximum atomic E-state index is 12.6. The van der Waals surface area contributed by atoms with Gasteiger partial charge in [-0.25, -0.2) is 9.59 Å². The Kier molecular flexibility index (Phi) is 13.3. The number of carbonyl (C=O) groups excluding carboxylic acids is 2. The summed E-state index contributed by atoms with van der Waals surface area (Å²) in [5.74, 6) is 1.02. The van der Waals surface area contributed by atoms with Gasteiger partial charge < -0.3 is 28.4 Å². The van der Waals surface area contributed by atoms with Crippen LogP contribution in [-0.4, -0.2) is 57.4 Å². The molecule has 8 heteroatoms. The Morgan fingerprint density at radius 3 is 2.61 bits per heavy atom. The van der Waals surface area contributed by atoms with Gasteiger partial charge in [-0.05, 0) is 98.3 Å². The zero-order chi connectivity index (χ0) is 32.1. The van der Waals surface area contributed by atoms with E-state index in [1.165, 1.54) is 25.5 Å². The largest absolute Gasteiger partial charge is 0.482 e. The van der Waals surface area contributed by atoms with Crippen molar-refractivity contribution >= 4 is 11.9 Å². The van der Waals surface area contributed by atoms with Crippen molar-refractivity contribution in [2.75, 3.05) is 26.9 Å². The molecule has 2 fully saturated rings. The zero-order valence-electron chi connectivity index (χ0n) is 27.7. The molecule has 2 aromatic rings. The van der Waals surface area contributed by atoms with E-state index in [1.807, 2.05) is 42.5 Å². The number of carbonyl (C=O) groups is 2. The predicted molar refractivity (Wildman–Crippen MR) is 174 cm³/mol. The van der Waals surface area contributed by atoms with Crippen LogP contribution < -0.4 is 4.74 Å². The van der Waals surface area contributed by atoms with Crippen molar-refractivity contribution in [3.8, 4) is 5.75 Å². The molecule has 46 heavy (non-hydrogen) atoms. The monoisotopic (exact) mass is 636 g/mol. The fraction of sp³-hybridized carbons (Fsp3) is 0.632. The summed E-state index contributed by atoms with van der Waals surface area (Å²) in [5.41, 5.74) is 3.34. The molecular weight excluding hydrogens is 584 g/mol. The van der Waals surface area contributed by atoms with Crippen LogP contribution in [0.15, 0.2) is 48.5 Å². The van der Waals surface area contributed by atoms with Gasteiger partial charge >= 0.3 is 11.9 Å². The molecule has 0 aromatic heterocycles. The second-order valence-electron chi connectivity index (χ2n) is 13.1. The topological polar surface area (TPSA) is 89.5 Å². The highest BCUT2D eigenvalue weighted by molar-refractivity contribution is 5.71. The molecule has 0 radical (unpaired) electrons. The Morgan fingerprint density at radius 1 is 0.957 bits per heavy atom. The lowest BCUT2D eigenvalue weighted by atomic mass is 9.73. The second kappa shape index (κ2) is 17.8. The maximum absolute atomic E-state index is 12.6. The van der Waals surface area contributed by atoms with Crippen LogP contribution in [0.4, 0.5) is 0 Å². The standard InChI is InChI=1S/C38H52O8/c1-3-4-6-15-30(45-38-17-9-10-20-42-38)18-19-31-32-21-28-14-11-16-34(43-26-36(39)44-24-27-12-7-5-8-13-27)33(28)22-29(32)23-35(31)46-37(40)25-41-2/h5,7-8,11-14,16,29-32,35,38H,3-4,6,9-10,15,17-26H2,1-2H3/t29-,30-,31+,32-,35+,38?/m0/s1. The van der Waals surface area contributed by atoms with Crippen LogP contribution >= 0.6 is 0 Å². The number of hydrogen-bond acceptors (Lipinski definition) is 8. The molecule has 1 heterocycles. The number of rotatable bonds is 17. The van der Waals surface area contributed by atoms with E-state index in [9.17, 15) is 9.59 Å². The fourth-order valence-electron chi connectivity index (χ4n) is 7.60. The van der Waals surface area contributed by atoms with Crippen LogP contribution in [0, 0.1) is 17.8 Å². The summed E-state index contributed by atoms with van der Waals surface area (Å²) < 4.78 is 35.2. The molecule has 8 nitrogen and oxygen atoms in total. The van der Waals surface area contributed by atoms with Crippen LogP contribution in [0.25, 0.3) is 0 Å². The highest BCUT2D eigenvalue weighted by Gasteiger charge is 2.47. The molecular formula is C38H52O8. The summed E-state index contributed by atoms with van der Waals surface area (Å²) in [4.78, 5) is 25.1. The Bertz CT molecular complexity index is 1230. The number of ether oxygens (including phenoxy) is 6. The molecule has 0 bridgehead atoms. The summed E-state index contributed by atoms with van der Waals surface area (Å²) >= 11 is 0. The molecule has 3 aliphatic rings. The third kappa shape index (κ3) is 9.79. The lowest BCUT2D eigenvalue weighted by Gasteiger charge is -2.33. The molecule has 6 atom stereocenters. The van der Waals surface area contributed by atoms with Crippen LogP contribution in [0.3, 0.4) is 0 Å². The van der Waals surface area contributed by atoms with Gasteiger partial charge in [0.05, 0.1) is 6.10 Å². The van der Waals surface area contributed by atoms with Gasteiger partial charge in [-0.3, -0.25) is 0 Å². The first-order chi connectivity index (χ1) is 22.5. The van der Waals surface area contributed by atoms with Gasteiger partial charge in [0, 0.05) is 13.7 Å². The number of methoxy groups -OCH3 is 1. The predicted octanol–water partition coefficient (Wildman–Crippen LogP) is 6.99. The molecule has 1 aliphatic heterocycles. The van der Waals surface area contributed by atoms with Crippen molar-refractivity contribution in [1.82, 2.24) is 0 Å². The van der Waals surface area contributed by atoms with Gasteiger partial charge in [-0.1, -0.05) is 68.7 Å². The lowest BCUT2D eigenvalue weighted by Crippen LogP contribution is -2.32. The molecule has 252 valence electrons. The van der Waals surface area contributed by atoms with Crippen LogP contribution in [0.1, 0.15) is 87.8 Å². The van der Waals surface area contributed by atoms with Crippen LogP contribution in [0.5, 0.6) is 5.75 Å². The molecule has 1 unspecified atom stereocenters. The van der Waals surface area contributed by atoms with Gasteiger partial charge in [0.1, 0.15) is 25.1 Å². The Labute approximate surface area is 274 Å². The van der Waals surface area contributed by atoms with Crippen molar-refractivity contribution in [2.45, 2.75) is 109 Å². The molecule has 2 aliphatic carbocycles. The first-order valence-electron chi connectivity index (χ1n) is 17.4. The summed E-state index contributed by atoms with van der Waals surface area (Å²) in [7, 11) is 1.52. The SMILES string of the molecule is CCCCC[C@@H](CC[C@@H]1[C@H]2Cc3cccc(OCC(=O)OCc4ccccc4)c3C[C@H]2C[C@H]1OC(=O)COC)OC1CCCCO1. The van der Waals surface area contributed by atoms with Crippen molar-refractivity contribution in [3.05, 3.63) is 65.2 Å². The van der Waals surface area contributed by atoms with Gasteiger partial charge in [0.2, 0.25) is 0 Å². The normalized spacial score (nSPS) is 24.4. The van der Waals surface area contributed by atoms with Gasteiger partial charge in [-0.15, -0.1) is 0 Å². The highest BCUT2D eigenvalue weighted by atomic mass is 16.7. The second-order valence-corrected chi connectivity index (χ2v) is 13.1. The van der Waals surface area contributed by atoms with E-state index in [-0.39, 0.29) is 50.2 Å². The highest BCUT2D eigenvalue weighted by Crippen LogP contribution is 2.49. The molecule has 0 N–H and O–H groups in total. The Hall–Kier alpha value is -2.94. The number of hydrogen-bond donors (Lipinski definition) is 0. The van der Waals surface area contributed by atoms with Gasteiger partial charge in [0.15, 0.2) is 12.9 Å². The maximum Gasteiger partial charge on any atom is 0.344 e. The average molecular weight is 637 g/mol. The third-order valence-electron chi connectivity index (χ3n) is 9.89. The van der Waals surface area contributed by atoms with E-state index in [0.29, 0.717) is 11.8 Å². The summed E-state index contributed by atoms with van der Waals surface area (Å²) in [6.07, 6.45) is 12.0. The van der Waals surface area contributed by atoms with E-state index in [2.05, 4.69) is 13.0 Å². The van der Waals surface area contributed by atoms with Gasteiger partial charge in [-0.2, -0.15) is 0 Å². The molecule has 5 rings (SSSR count). The van der Waals surface area contributed by atoms with Crippen molar-refractivity contribution in [3.63, 3.8) is 0 Å². The molecule has 0 spiro atoms. The number of unbranched alkanes of at least 4 members (excludes halogenated alkanes) is 2. The van der Waals surface area contributed by atoms with Gasteiger partial charge in [0.25, 0.3) is 0 Å². The van der Waals surface area contributed by atoms with E-state index >= 15 is 0 Å². The van der Waals surface area contributed by atoms with E-state index in [4.69, 9.17) is 28.4 Å². The quantitative estimate of drug-likeness (QED) is 0.136. The fourth-order valence-corrected chi connectivity index (χ4v) is 7.60. The lowest BCUT2D eigenvalue weighted by molar-refractivity contribution is -0.191. The minimum Gasteiger partial charge on any atom is -0.482 e. The molecule has 1 saturated heterocycles. The Balaban J connectivity index is 1.24. The van der Waals surface area contributed by atoms with Crippen molar-refractivity contribution < 1.29 is 38.0 Å². The minimum atomic E-state index is -0.393. The average Bonchev–Trinajstić information content (AvgIpc) is 3.40. The van der Waals surface area contributed by atoms with E-state index in [0.717, 1.165) is 87.7 Å². The minimum absolute atomic E-state index is 0.0427.